The molecule has 0 aliphatic carbocycles. The van der Waals surface area contributed by atoms with Gasteiger partial charge in [-0.3, -0.25) is 0 Å². The number of hydrogen-bond donors (Lipinski definition) is 1. The van der Waals surface area contributed by atoms with Gasteiger partial charge in [0.2, 0.25) is 0 Å². The predicted octanol–water partition coefficient (Wildman–Crippen LogP) is 3.27. The summed E-state index contributed by atoms with van der Waals surface area (Å²) in [6.07, 6.45) is -0.621. The molecule has 0 aliphatic rings. The van der Waals surface area contributed by atoms with Crippen LogP contribution in [0, 0.1) is 0 Å². The molecule has 0 bridgehead atoms. The molecule has 2 aromatic rings. The molecule has 0 atom stereocenters. The molecule has 5 nitrogen and oxygen atoms in total. The van der Waals surface area contributed by atoms with E-state index in [1.165, 1.54) is 6.33 Å². The highest BCUT2D eigenvalue weighted by Crippen LogP contribution is 2.30. The highest BCUT2D eigenvalue weighted by Gasteiger charge is 2.32. The van der Waals surface area contributed by atoms with Crippen molar-refractivity contribution in [1.29, 1.82) is 0 Å². The first-order valence-corrected chi connectivity index (χ1v) is 6.59. The minimum atomic E-state index is -4.43. The maximum Gasteiger partial charge on any atom is 0.419 e. The summed E-state index contributed by atoms with van der Waals surface area (Å²) >= 11 is 3.28. The van der Waals surface area contributed by atoms with E-state index in [-0.39, 0.29) is 5.82 Å². The molecule has 108 valence electrons. The number of alkyl halides is 3. The molecular formula is C11H11BrF3N5. The monoisotopic (exact) mass is 349 g/mol. The lowest BCUT2D eigenvalue weighted by molar-refractivity contribution is -0.137. The third-order valence-corrected chi connectivity index (χ3v) is 3.17. The highest BCUT2D eigenvalue weighted by molar-refractivity contribution is 9.10. The number of rotatable bonds is 4. The predicted molar refractivity (Wildman–Crippen MR) is 70.6 cm³/mol. The van der Waals surface area contributed by atoms with Crippen molar-refractivity contribution in [1.82, 2.24) is 19.7 Å². The summed E-state index contributed by atoms with van der Waals surface area (Å²) < 4.78 is 39.2. The van der Waals surface area contributed by atoms with Crippen molar-refractivity contribution >= 4 is 21.7 Å². The Morgan fingerprint density at radius 3 is 2.70 bits per heavy atom. The van der Waals surface area contributed by atoms with Gasteiger partial charge in [-0.25, -0.2) is 14.6 Å². The van der Waals surface area contributed by atoms with Crippen molar-refractivity contribution in [2.45, 2.75) is 19.5 Å². The van der Waals surface area contributed by atoms with E-state index < -0.39 is 11.7 Å². The fourth-order valence-corrected chi connectivity index (χ4v) is 2.00. The Labute approximate surface area is 121 Å². The third kappa shape index (κ3) is 3.09. The van der Waals surface area contributed by atoms with Crippen molar-refractivity contribution in [3.8, 4) is 5.82 Å². The molecular weight excluding hydrogens is 339 g/mol. The number of aromatic nitrogens is 4. The van der Waals surface area contributed by atoms with E-state index in [9.17, 15) is 13.2 Å². The molecule has 0 aromatic carbocycles. The van der Waals surface area contributed by atoms with Crippen LogP contribution >= 0.6 is 15.9 Å². The second kappa shape index (κ2) is 5.78. The fourth-order valence-electron chi connectivity index (χ4n) is 1.47. The van der Waals surface area contributed by atoms with Crippen LogP contribution in [0.5, 0.6) is 0 Å². The molecule has 1 N–H and O–H groups in total. The summed E-state index contributed by atoms with van der Waals surface area (Å²) in [5, 5.41) is 6.73. The normalized spacial score (nSPS) is 11.7. The lowest BCUT2D eigenvalue weighted by Gasteiger charge is -2.09. The molecule has 0 aliphatic heterocycles. The van der Waals surface area contributed by atoms with Crippen molar-refractivity contribution in [3.63, 3.8) is 0 Å². The van der Waals surface area contributed by atoms with E-state index in [0.717, 1.165) is 23.5 Å². The molecule has 2 rings (SSSR count). The number of nitrogens with zero attached hydrogens (tertiary/aromatic N) is 4. The standard InChI is InChI=1S/C11H11BrF3N5/c1-2-3-16-9-8(12)10(18-6-17-9)20-5-7(4-19-20)11(13,14)15/h4-6H,2-3H2,1H3,(H,16,17,18). The molecule has 2 heterocycles. The van der Waals surface area contributed by atoms with Gasteiger partial charge in [-0.05, 0) is 22.4 Å². The Hall–Kier alpha value is -1.64. The van der Waals surface area contributed by atoms with Crippen molar-refractivity contribution < 1.29 is 13.2 Å². The van der Waals surface area contributed by atoms with Crippen LogP contribution in [-0.2, 0) is 6.18 Å². The Balaban J connectivity index is 2.35. The largest absolute Gasteiger partial charge is 0.419 e. The fraction of sp³-hybridized carbons (Fsp3) is 0.364. The lowest BCUT2D eigenvalue weighted by atomic mass is 10.3. The number of nitrogens with one attached hydrogen (secondary N) is 1. The average molecular weight is 350 g/mol. The Morgan fingerprint density at radius 1 is 1.35 bits per heavy atom. The van der Waals surface area contributed by atoms with E-state index in [1.807, 2.05) is 6.92 Å². The molecule has 0 amide bonds. The average Bonchev–Trinajstić information content (AvgIpc) is 2.87. The van der Waals surface area contributed by atoms with Crippen LogP contribution in [0.15, 0.2) is 23.2 Å². The Morgan fingerprint density at radius 2 is 2.10 bits per heavy atom. The molecule has 2 aromatic heterocycles. The topological polar surface area (TPSA) is 55.6 Å². The summed E-state index contributed by atoms with van der Waals surface area (Å²) in [4.78, 5) is 7.97. The Bertz CT molecular complexity index is 596. The van der Waals surface area contributed by atoms with Gasteiger partial charge in [0.25, 0.3) is 0 Å². The zero-order valence-corrected chi connectivity index (χ0v) is 12.0. The van der Waals surface area contributed by atoms with E-state index in [1.54, 1.807) is 0 Å². The van der Waals surface area contributed by atoms with Gasteiger partial charge < -0.3 is 5.32 Å². The molecule has 0 radical (unpaired) electrons. The molecule has 0 unspecified atom stereocenters. The molecule has 0 saturated heterocycles. The maximum atomic E-state index is 12.6. The minimum Gasteiger partial charge on any atom is -0.369 e. The van der Waals surface area contributed by atoms with E-state index in [0.29, 0.717) is 16.8 Å². The van der Waals surface area contributed by atoms with Crippen molar-refractivity contribution in [2.75, 3.05) is 11.9 Å². The first-order valence-electron chi connectivity index (χ1n) is 5.80. The lowest BCUT2D eigenvalue weighted by Crippen LogP contribution is -2.07. The highest BCUT2D eigenvalue weighted by atomic mass is 79.9. The smallest absolute Gasteiger partial charge is 0.369 e. The summed E-state index contributed by atoms with van der Waals surface area (Å²) in [6, 6.07) is 0. The van der Waals surface area contributed by atoms with Gasteiger partial charge in [-0.15, -0.1) is 0 Å². The van der Waals surface area contributed by atoms with Gasteiger partial charge >= 0.3 is 6.18 Å². The second-order valence-electron chi connectivity index (χ2n) is 3.96. The summed E-state index contributed by atoms with van der Waals surface area (Å²) in [7, 11) is 0. The number of halogens is 4. The van der Waals surface area contributed by atoms with E-state index in [4.69, 9.17) is 0 Å². The van der Waals surface area contributed by atoms with Crippen LogP contribution in [0.3, 0.4) is 0 Å². The van der Waals surface area contributed by atoms with Crippen LogP contribution in [0.4, 0.5) is 19.0 Å². The van der Waals surface area contributed by atoms with Gasteiger partial charge in [0, 0.05) is 12.7 Å². The SMILES string of the molecule is CCCNc1ncnc(-n2cc(C(F)(F)F)cn2)c1Br. The van der Waals surface area contributed by atoms with Crippen LogP contribution < -0.4 is 5.32 Å². The minimum absolute atomic E-state index is 0.245. The van der Waals surface area contributed by atoms with Gasteiger partial charge in [-0.1, -0.05) is 6.92 Å². The first-order chi connectivity index (χ1) is 9.43. The number of anilines is 1. The summed E-state index contributed by atoms with van der Waals surface area (Å²) in [6.45, 7) is 2.69. The second-order valence-corrected chi connectivity index (χ2v) is 4.75. The molecule has 0 fully saturated rings. The van der Waals surface area contributed by atoms with Crippen molar-refractivity contribution in [2.24, 2.45) is 0 Å². The first kappa shape index (κ1) is 14.8. The van der Waals surface area contributed by atoms with Gasteiger partial charge in [0.1, 0.15) is 16.6 Å². The third-order valence-electron chi connectivity index (χ3n) is 2.44. The van der Waals surface area contributed by atoms with E-state index in [2.05, 4.69) is 36.3 Å². The Kier molecular flexibility index (Phi) is 4.26. The van der Waals surface area contributed by atoms with E-state index >= 15 is 0 Å². The summed E-state index contributed by atoms with van der Waals surface area (Å²) in [5.41, 5.74) is -0.828. The zero-order chi connectivity index (χ0) is 14.8. The van der Waals surface area contributed by atoms with Crippen LogP contribution in [0.1, 0.15) is 18.9 Å². The molecule has 9 heteroatoms. The maximum absolute atomic E-state index is 12.6. The van der Waals surface area contributed by atoms with Crippen LogP contribution in [-0.4, -0.2) is 26.3 Å². The summed E-state index contributed by atoms with van der Waals surface area (Å²) in [5.74, 6) is 0.759. The van der Waals surface area contributed by atoms with Crippen LogP contribution in [0.2, 0.25) is 0 Å². The quantitative estimate of drug-likeness (QED) is 0.920. The van der Waals surface area contributed by atoms with Crippen LogP contribution in [0.25, 0.3) is 5.82 Å². The van der Waals surface area contributed by atoms with Gasteiger partial charge in [-0.2, -0.15) is 18.3 Å². The molecule has 0 saturated carbocycles. The van der Waals surface area contributed by atoms with Crippen molar-refractivity contribution in [3.05, 3.63) is 28.8 Å². The zero-order valence-electron chi connectivity index (χ0n) is 10.4. The molecule has 20 heavy (non-hydrogen) atoms. The van der Waals surface area contributed by atoms with Gasteiger partial charge in [0.15, 0.2) is 5.82 Å². The molecule has 0 spiro atoms. The van der Waals surface area contributed by atoms with Gasteiger partial charge in [0.05, 0.1) is 11.8 Å². The number of hydrogen-bond acceptors (Lipinski definition) is 4.